The van der Waals surface area contributed by atoms with Gasteiger partial charge in [-0.25, -0.2) is 0 Å². The smallest absolute Gasteiger partial charge is 0.304 e. The quantitative estimate of drug-likeness (QED) is 0.591. The molecular weight excluding hydrogens is 400 g/mol. The molecule has 3 aromatic rings. The van der Waals surface area contributed by atoms with Gasteiger partial charge in [-0.3, -0.25) is 14.7 Å². The van der Waals surface area contributed by atoms with Crippen LogP contribution in [0, 0.1) is 0 Å². The zero-order valence-electron chi connectivity index (χ0n) is 16.6. The highest BCUT2D eigenvalue weighted by atomic mass is 35.5. The van der Waals surface area contributed by atoms with Crippen LogP contribution in [0.1, 0.15) is 23.2 Å². The normalized spacial score (nSPS) is 13.6. The molecule has 0 fully saturated rings. The van der Waals surface area contributed by atoms with Crippen molar-refractivity contribution in [1.82, 2.24) is 9.88 Å². The molecule has 0 bridgehead atoms. The van der Waals surface area contributed by atoms with Crippen molar-refractivity contribution in [2.45, 2.75) is 26.0 Å². The number of fused-ring (bicyclic) bond motifs is 1. The number of ether oxygens (including phenoxy) is 1. The van der Waals surface area contributed by atoms with Crippen LogP contribution in [0.15, 0.2) is 60.7 Å². The predicted octanol–water partition coefficient (Wildman–Crippen LogP) is 4.81. The molecule has 1 N–H and O–H groups in total. The minimum atomic E-state index is -0.762. The second-order valence-electron chi connectivity index (χ2n) is 7.39. The Morgan fingerprint density at radius 3 is 2.73 bits per heavy atom. The average Bonchev–Trinajstić information content (AvgIpc) is 2.77. The first-order valence-electron chi connectivity index (χ1n) is 9.98. The molecule has 0 saturated carbocycles. The SMILES string of the molecule is O=C(O)CCN1CCc2nc(-c3ccc(OCc4ccccc4)c(Cl)c3)ccc2C1. The van der Waals surface area contributed by atoms with Gasteiger partial charge < -0.3 is 9.84 Å². The number of carbonyl (C=O) groups is 1. The van der Waals surface area contributed by atoms with Crippen LogP contribution < -0.4 is 4.74 Å². The first-order chi connectivity index (χ1) is 14.6. The van der Waals surface area contributed by atoms with Crippen molar-refractivity contribution < 1.29 is 14.6 Å². The third-order valence-electron chi connectivity index (χ3n) is 5.23. The lowest BCUT2D eigenvalue weighted by atomic mass is 10.0. The Bertz CT molecular complexity index is 1040. The van der Waals surface area contributed by atoms with Crippen molar-refractivity contribution in [2.24, 2.45) is 0 Å². The molecule has 0 radical (unpaired) electrons. The number of hydrogen-bond acceptors (Lipinski definition) is 4. The Morgan fingerprint density at radius 1 is 1.13 bits per heavy atom. The second kappa shape index (κ2) is 9.28. The van der Waals surface area contributed by atoms with Crippen molar-refractivity contribution in [3.63, 3.8) is 0 Å². The van der Waals surface area contributed by atoms with Crippen LogP contribution in [0.2, 0.25) is 5.02 Å². The summed E-state index contributed by atoms with van der Waals surface area (Å²) in [6.45, 7) is 2.60. The summed E-state index contributed by atoms with van der Waals surface area (Å²) < 4.78 is 5.86. The standard InChI is InChI=1S/C24H23ClN2O3/c25-20-14-18(7-9-23(20)30-16-17-4-2-1-3-5-17)21-8-6-19-15-27(13-11-24(28)29)12-10-22(19)26-21/h1-9,14H,10-13,15-16H2,(H,28,29). The molecule has 0 unspecified atom stereocenters. The summed E-state index contributed by atoms with van der Waals surface area (Å²) in [5, 5.41) is 9.43. The lowest BCUT2D eigenvalue weighted by molar-refractivity contribution is -0.137. The molecule has 2 heterocycles. The van der Waals surface area contributed by atoms with Crippen LogP contribution in [0.5, 0.6) is 5.75 Å². The maximum atomic E-state index is 10.8. The van der Waals surface area contributed by atoms with Gasteiger partial charge in [-0.15, -0.1) is 0 Å². The van der Waals surface area contributed by atoms with E-state index in [0.29, 0.717) is 23.9 Å². The monoisotopic (exact) mass is 422 g/mol. The number of hydrogen-bond donors (Lipinski definition) is 1. The molecule has 0 spiro atoms. The van der Waals surface area contributed by atoms with Gasteiger partial charge in [0.05, 0.1) is 17.1 Å². The van der Waals surface area contributed by atoms with Crippen molar-refractivity contribution >= 4 is 17.6 Å². The van der Waals surface area contributed by atoms with E-state index in [0.717, 1.165) is 47.6 Å². The molecule has 6 heteroatoms. The molecule has 1 aliphatic rings. The summed E-state index contributed by atoms with van der Waals surface area (Å²) in [6.07, 6.45) is 0.979. The highest BCUT2D eigenvalue weighted by Crippen LogP contribution is 2.31. The number of benzene rings is 2. The van der Waals surface area contributed by atoms with E-state index in [1.807, 2.05) is 54.6 Å². The van der Waals surface area contributed by atoms with Crippen LogP contribution >= 0.6 is 11.6 Å². The summed E-state index contributed by atoms with van der Waals surface area (Å²) in [7, 11) is 0. The molecule has 4 rings (SSSR count). The van der Waals surface area contributed by atoms with Gasteiger partial charge in [-0.1, -0.05) is 48.0 Å². The Morgan fingerprint density at radius 2 is 1.97 bits per heavy atom. The number of aromatic nitrogens is 1. The summed E-state index contributed by atoms with van der Waals surface area (Å²) >= 11 is 6.46. The number of carboxylic acid groups (broad SMARTS) is 1. The van der Waals surface area contributed by atoms with Gasteiger partial charge in [0.25, 0.3) is 0 Å². The third kappa shape index (κ3) is 4.99. The Hall–Kier alpha value is -2.89. The van der Waals surface area contributed by atoms with Crippen molar-refractivity contribution in [3.05, 3.63) is 82.5 Å². The molecule has 154 valence electrons. The number of aliphatic carboxylic acids is 1. The third-order valence-corrected chi connectivity index (χ3v) is 5.53. The molecule has 0 saturated heterocycles. The summed E-state index contributed by atoms with van der Waals surface area (Å²) in [5.41, 5.74) is 5.14. The van der Waals surface area contributed by atoms with Crippen molar-refractivity contribution in [3.8, 4) is 17.0 Å². The van der Waals surface area contributed by atoms with E-state index in [9.17, 15) is 4.79 Å². The topological polar surface area (TPSA) is 62.7 Å². The van der Waals surface area contributed by atoms with Crippen LogP contribution in [0.3, 0.4) is 0 Å². The highest BCUT2D eigenvalue weighted by Gasteiger charge is 2.18. The van der Waals surface area contributed by atoms with E-state index in [-0.39, 0.29) is 6.42 Å². The van der Waals surface area contributed by atoms with Crippen LogP contribution in [0.25, 0.3) is 11.3 Å². The fraction of sp³-hybridized carbons (Fsp3) is 0.250. The maximum absolute atomic E-state index is 10.8. The fourth-order valence-corrected chi connectivity index (χ4v) is 3.83. The van der Waals surface area contributed by atoms with Gasteiger partial charge in [-0.2, -0.15) is 0 Å². The first kappa shape index (κ1) is 20.4. The Labute approximate surface area is 180 Å². The lowest BCUT2D eigenvalue weighted by Crippen LogP contribution is -2.32. The van der Waals surface area contributed by atoms with E-state index in [1.165, 1.54) is 0 Å². The highest BCUT2D eigenvalue weighted by molar-refractivity contribution is 6.32. The summed E-state index contributed by atoms with van der Waals surface area (Å²) in [5.74, 6) is -0.112. The summed E-state index contributed by atoms with van der Waals surface area (Å²) in [4.78, 5) is 17.8. The van der Waals surface area contributed by atoms with Gasteiger partial charge in [0.15, 0.2) is 0 Å². The van der Waals surface area contributed by atoms with Crippen molar-refractivity contribution in [2.75, 3.05) is 13.1 Å². The van der Waals surface area contributed by atoms with Gasteiger partial charge in [-0.05, 0) is 35.4 Å². The Kier molecular flexibility index (Phi) is 6.31. The molecule has 0 aliphatic carbocycles. The fourth-order valence-electron chi connectivity index (χ4n) is 3.59. The molecule has 0 atom stereocenters. The van der Waals surface area contributed by atoms with Gasteiger partial charge in [0.1, 0.15) is 12.4 Å². The molecule has 30 heavy (non-hydrogen) atoms. The van der Waals surface area contributed by atoms with Crippen LogP contribution in [0.4, 0.5) is 0 Å². The molecule has 0 amide bonds. The largest absolute Gasteiger partial charge is 0.487 e. The number of pyridine rings is 1. The minimum absolute atomic E-state index is 0.165. The van der Waals surface area contributed by atoms with E-state index >= 15 is 0 Å². The summed E-state index contributed by atoms with van der Waals surface area (Å²) in [6, 6.07) is 19.8. The van der Waals surface area contributed by atoms with Crippen LogP contribution in [-0.4, -0.2) is 34.0 Å². The molecule has 1 aromatic heterocycles. The van der Waals surface area contributed by atoms with E-state index < -0.39 is 5.97 Å². The van der Waals surface area contributed by atoms with E-state index in [1.54, 1.807) is 0 Å². The average molecular weight is 423 g/mol. The molecular formula is C24H23ClN2O3. The first-order valence-corrected chi connectivity index (χ1v) is 10.4. The van der Waals surface area contributed by atoms with Gasteiger partial charge in [0.2, 0.25) is 0 Å². The lowest BCUT2D eigenvalue weighted by Gasteiger charge is -2.27. The predicted molar refractivity (Wildman–Crippen MR) is 117 cm³/mol. The second-order valence-corrected chi connectivity index (χ2v) is 7.80. The minimum Gasteiger partial charge on any atom is -0.487 e. The maximum Gasteiger partial charge on any atom is 0.304 e. The number of carboxylic acids is 1. The van der Waals surface area contributed by atoms with E-state index in [4.69, 9.17) is 26.4 Å². The molecule has 5 nitrogen and oxygen atoms in total. The zero-order chi connectivity index (χ0) is 20.9. The Balaban J connectivity index is 1.44. The molecule has 2 aromatic carbocycles. The zero-order valence-corrected chi connectivity index (χ0v) is 17.3. The molecule has 1 aliphatic heterocycles. The number of halogens is 1. The van der Waals surface area contributed by atoms with Gasteiger partial charge in [0, 0.05) is 37.3 Å². The number of nitrogens with zero attached hydrogens (tertiary/aromatic N) is 2. The van der Waals surface area contributed by atoms with Gasteiger partial charge >= 0.3 is 5.97 Å². The van der Waals surface area contributed by atoms with Crippen molar-refractivity contribution in [1.29, 1.82) is 0 Å². The van der Waals surface area contributed by atoms with E-state index in [2.05, 4.69) is 11.0 Å². The van der Waals surface area contributed by atoms with Crippen LogP contribution in [-0.2, 0) is 24.4 Å². The number of rotatable bonds is 7.